The van der Waals surface area contributed by atoms with Crippen molar-refractivity contribution in [2.24, 2.45) is 0 Å². The van der Waals surface area contributed by atoms with Crippen LogP contribution in [0, 0.1) is 0 Å². The predicted octanol–water partition coefficient (Wildman–Crippen LogP) is 6.65. The van der Waals surface area contributed by atoms with Gasteiger partial charge in [-0.05, 0) is 78.4 Å². The molecule has 1 heterocycles. The summed E-state index contributed by atoms with van der Waals surface area (Å²) in [5, 5.41) is 31.5. The second-order valence-electron chi connectivity index (χ2n) is 11.4. The topological polar surface area (TPSA) is 103 Å². The van der Waals surface area contributed by atoms with Crippen molar-refractivity contribution in [3.8, 4) is 17.2 Å². The SMILES string of the molecule is COC(C)(C)CCCC(C)(CCCC(C)=CCN1C(=O)c2cccc(O)c2N(C)c2c(O)cc(O)cc21)OC. The van der Waals surface area contributed by atoms with Crippen LogP contribution in [0.15, 0.2) is 42.0 Å². The number of hydrogen-bond donors (Lipinski definition) is 3. The van der Waals surface area contributed by atoms with Gasteiger partial charge in [-0.3, -0.25) is 4.79 Å². The minimum Gasteiger partial charge on any atom is -0.508 e. The zero-order valence-electron chi connectivity index (χ0n) is 24.4. The second kappa shape index (κ2) is 12.3. The number of allylic oxidation sites excluding steroid dienone is 1. The number of para-hydroxylation sites is 1. The quantitative estimate of drug-likeness (QED) is 0.259. The van der Waals surface area contributed by atoms with E-state index in [4.69, 9.17) is 9.47 Å². The van der Waals surface area contributed by atoms with E-state index < -0.39 is 0 Å². The van der Waals surface area contributed by atoms with Gasteiger partial charge in [0.05, 0.1) is 28.1 Å². The first-order chi connectivity index (χ1) is 18.3. The number of fused-ring (bicyclic) bond motifs is 2. The fraction of sp³-hybridized carbons (Fsp3) is 0.516. The summed E-state index contributed by atoms with van der Waals surface area (Å²) in [6.07, 6.45) is 7.63. The highest BCUT2D eigenvalue weighted by atomic mass is 16.5. The van der Waals surface area contributed by atoms with Gasteiger partial charge in [0.1, 0.15) is 22.9 Å². The van der Waals surface area contributed by atoms with Gasteiger partial charge in [-0.1, -0.05) is 17.7 Å². The van der Waals surface area contributed by atoms with E-state index in [1.54, 1.807) is 38.3 Å². The molecule has 1 amide bonds. The largest absolute Gasteiger partial charge is 0.508 e. The van der Waals surface area contributed by atoms with Crippen molar-refractivity contribution in [1.29, 1.82) is 0 Å². The highest BCUT2D eigenvalue weighted by Crippen LogP contribution is 2.49. The summed E-state index contributed by atoms with van der Waals surface area (Å²) in [6, 6.07) is 7.47. The van der Waals surface area contributed by atoms with E-state index in [0.29, 0.717) is 22.6 Å². The summed E-state index contributed by atoms with van der Waals surface area (Å²) in [6.45, 7) is 8.64. The predicted molar refractivity (Wildman–Crippen MR) is 156 cm³/mol. The number of rotatable bonds is 12. The van der Waals surface area contributed by atoms with E-state index in [9.17, 15) is 20.1 Å². The van der Waals surface area contributed by atoms with Crippen LogP contribution in [0.3, 0.4) is 0 Å². The van der Waals surface area contributed by atoms with E-state index in [-0.39, 0.29) is 40.9 Å². The summed E-state index contributed by atoms with van der Waals surface area (Å²) in [7, 11) is 5.19. The Labute approximate surface area is 232 Å². The Morgan fingerprint density at radius 2 is 1.64 bits per heavy atom. The Kier molecular flexibility index (Phi) is 9.56. The molecule has 8 heteroatoms. The molecule has 0 fully saturated rings. The molecule has 1 atom stereocenters. The zero-order chi connectivity index (χ0) is 29.0. The molecule has 2 aromatic rings. The van der Waals surface area contributed by atoms with Crippen LogP contribution in [0.5, 0.6) is 17.2 Å². The highest BCUT2D eigenvalue weighted by molar-refractivity contribution is 6.15. The molecule has 0 aliphatic carbocycles. The molecule has 0 bridgehead atoms. The highest BCUT2D eigenvalue weighted by Gasteiger charge is 2.33. The third-order valence-corrected chi connectivity index (χ3v) is 7.94. The standard InChI is InChI=1S/C31H44N2O6/c1-21(11-9-16-31(4,39-7)17-10-15-30(2,3)38-6)14-18-33-24-19-22(34)20-26(36)28(24)32(5)27-23(29(33)37)12-8-13-25(27)35/h8,12-14,19-20,34-36H,9-11,15-18H2,1-7H3. The number of anilines is 3. The Bertz CT molecular complexity index is 1210. The Morgan fingerprint density at radius 1 is 0.949 bits per heavy atom. The lowest BCUT2D eigenvalue weighted by atomic mass is 9.89. The van der Waals surface area contributed by atoms with Gasteiger partial charge in [-0.25, -0.2) is 0 Å². The summed E-state index contributed by atoms with van der Waals surface area (Å²) >= 11 is 0. The fourth-order valence-electron chi connectivity index (χ4n) is 5.15. The average molecular weight is 541 g/mol. The van der Waals surface area contributed by atoms with E-state index in [1.807, 2.05) is 13.0 Å². The third-order valence-electron chi connectivity index (χ3n) is 7.94. The molecule has 2 aromatic carbocycles. The van der Waals surface area contributed by atoms with Gasteiger partial charge in [0, 0.05) is 39.9 Å². The maximum absolute atomic E-state index is 13.7. The van der Waals surface area contributed by atoms with Crippen molar-refractivity contribution in [2.45, 2.75) is 77.4 Å². The van der Waals surface area contributed by atoms with Gasteiger partial charge in [-0.15, -0.1) is 0 Å². The van der Waals surface area contributed by atoms with Crippen LogP contribution in [-0.4, -0.2) is 60.2 Å². The molecule has 8 nitrogen and oxygen atoms in total. The number of benzene rings is 2. The molecule has 0 radical (unpaired) electrons. The maximum atomic E-state index is 13.7. The normalized spacial score (nSPS) is 15.6. The summed E-state index contributed by atoms with van der Waals surface area (Å²) in [4.78, 5) is 16.8. The molecular weight excluding hydrogens is 496 g/mol. The number of carbonyl (C=O) groups is 1. The number of aromatic hydroxyl groups is 3. The fourth-order valence-corrected chi connectivity index (χ4v) is 5.15. The van der Waals surface area contributed by atoms with Crippen molar-refractivity contribution < 1.29 is 29.6 Å². The van der Waals surface area contributed by atoms with Gasteiger partial charge in [0.15, 0.2) is 0 Å². The molecule has 3 rings (SSSR count). The molecule has 0 spiro atoms. The Morgan fingerprint density at radius 3 is 2.31 bits per heavy atom. The maximum Gasteiger partial charge on any atom is 0.260 e. The van der Waals surface area contributed by atoms with Crippen molar-refractivity contribution in [3.63, 3.8) is 0 Å². The Hall–Kier alpha value is -3.23. The number of methoxy groups -OCH3 is 2. The van der Waals surface area contributed by atoms with Crippen molar-refractivity contribution in [2.75, 3.05) is 37.6 Å². The van der Waals surface area contributed by atoms with E-state index in [1.165, 1.54) is 23.1 Å². The number of carbonyl (C=O) groups excluding carboxylic acids is 1. The number of phenols is 3. The molecule has 0 saturated carbocycles. The molecule has 214 valence electrons. The number of ether oxygens (including phenoxy) is 2. The lowest BCUT2D eigenvalue weighted by Gasteiger charge is -2.30. The summed E-state index contributed by atoms with van der Waals surface area (Å²) in [5.41, 5.74) is 2.09. The number of hydrogen-bond acceptors (Lipinski definition) is 7. The lowest BCUT2D eigenvalue weighted by molar-refractivity contribution is -0.0242. The van der Waals surface area contributed by atoms with Gasteiger partial charge in [-0.2, -0.15) is 0 Å². The second-order valence-corrected chi connectivity index (χ2v) is 11.4. The minimum atomic E-state index is -0.327. The third kappa shape index (κ3) is 7.05. The minimum absolute atomic E-state index is 0.0673. The van der Waals surface area contributed by atoms with Crippen LogP contribution in [0.4, 0.5) is 17.1 Å². The van der Waals surface area contributed by atoms with Gasteiger partial charge in [0.25, 0.3) is 5.91 Å². The van der Waals surface area contributed by atoms with E-state index >= 15 is 0 Å². The van der Waals surface area contributed by atoms with Crippen LogP contribution in [0.1, 0.15) is 76.6 Å². The molecular formula is C31H44N2O6. The molecule has 1 unspecified atom stereocenters. The summed E-state index contributed by atoms with van der Waals surface area (Å²) in [5.74, 6) is -0.732. The number of amides is 1. The first-order valence-electron chi connectivity index (χ1n) is 13.5. The van der Waals surface area contributed by atoms with Crippen LogP contribution >= 0.6 is 0 Å². The van der Waals surface area contributed by atoms with Gasteiger partial charge in [0.2, 0.25) is 0 Å². The van der Waals surface area contributed by atoms with Crippen LogP contribution in [0.25, 0.3) is 0 Å². The molecule has 0 saturated heterocycles. The van der Waals surface area contributed by atoms with E-state index in [2.05, 4.69) is 20.8 Å². The number of phenolic OH excluding ortho intramolecular Hbond substituents is 3. The van der Waals surface area contributed by atoms with Gasteiger partial charge < -0.3 is 34.6 Å². The Balaban J connectivity index is 1.75. The summed E-state index contributed by atoms with van der Waals surface area (Å²) < 4.78 is 11.4. The van der Waals surface area contributed by atoms with Crippen molar-refractivity contribution in [3.05, 3.63) is 47.5 Å². The van der Waals surface area contributed by atoms with Crippen LogP contribution < -0.4 is 9.80 Å². The molecule has 0 aromatic heterocycles. The van der Waals surface area contributed by atoms with Crippen LogP contribution in [0.2, 0.25) is 0 Å². The smallest absolute Gasteiger partial charge is 0.260 e. The molecule has 39 heavy (non-hydrogen) atoms. The van der Waals surface area contributed by atoms with Crippen molar-refractivity contribution in [1.82, 2.24) is 0 Å². The number of nitrogens with zero attached hydrogens (tertiary/aromatic N) is 2. The monoisotopic (exact) mass is 540 g/mol. The molecule has 1 aliphatic heterocycles. The van der Waals surface area contributed by atoms with Crippen LogP contribution in [-0.2, 0) is 9.47 Å². The van der Waals surface area contributed by atoms with Crippen molar-refractivity contribution >= 4 is 23.0 Å². The zero-order valence-corrected chi connectivity index (χ0v) is 24.4. The molecule has 3 N–H and O–H groups in total. The molecule has 1 aliphatic rings. The first-order valence-corrected chi connectivity index (χ1v) is 13.5. The lowest BCUT2D eigenvalue weighted by Crippen LogP contribution is -2.30. The first kappa shape index (κ1) is 30.3. The van der Waals surface area contributed by atoms with E-state index in [0.717, 1.165) is 44.1 Å². The average Bonchev–Trinajstić information content (AvgIpc) is 2.96. The van der Waals surface area contributed by atoms with Gasteiger partial charge >= 0.3 is 0 Å².